The maximum absolute atomic E-state index is 6.44. The van der Waals surface area contributed by atoms with Gasteiger partial charge in [-0.2, -0.15) is 5.10 Å². The molecule has 2 aromatic heterocycles. The Bertz CT molecular complexity index is 780. The van der Waals surface area contributed by atoms with Gasteiger partial charge in [-0.25, -0.2) is 4.52 Å². The van der Waals surface area contributed by atoms with Crippen LogP contribution in [0.4, 0.5) is 0 Å². The predicted octanol–water partition coefficient (Wildman–Crippen LogP) is 1.71. The number of hydrogen-bond acceptors (Lipinski definition) is 4. The Morgan fingerprint density at radius 1 is 1.25 bits per heavy atom. The summed E-state index contributed by atoms with van der Waals surface area (Å²) in [6.45, 7) is 0.732. The van der Waals surface area contributed by atoms with Gasteiger partial charge < -0.3 is 10.5 Å². The van der Waals surface area contributed by atoms with E-state index in [1.165, 1.54) is 5.56 Å². The molecule has 2 N–H and O–H groups in total. The Balaban J connectivity index is 1.85. The van der Waals surface area contributed by atoms with Gasteiger partial charge in [0.15, 0.2) is 0 Å². The number of nitrogens with zero attached hydrogens (tertiary/aromatic N) is 3. The number of aromatic nitrogens is 3. The maximum Gasteiger partial charge on any atom is 0.127 e. The molecule has 20 heavy (non-hydrogen) atoms. The fourth-order valence-electron chi connectivity index (χ4n) is 2.75. The molecule has 0 amide bonds. The fourth-order valence-corrected chi connectivity index (χ4v) is 2.75. The Kier molecular flexibility index (Phi) is 2.47. The summed E-state index contributed by atoms with van der Waals surface area (Å²) in [5, 5.41) is 4.31. The third kappa shape index (κ3) is 1.60. The zero-order valence-corrected chi connectivity index (χ0v) is 10.9. The van der Waals surface area contributed by atoms with Gasteiger partial charge in [0.25, 0.3) is 0 Å². The van der Waals surface area contributed by atoms with Crippen molar-refractivity contribution < 1.29 is 4.74 Å². The number of hydrogen-bond donors (Lipinski definition) is 1. The van der Waals surface area contributed by atoms with Gasteiger partial charge in [-0.3, -0.25) is 4.98 Å². The molecular weight excluding hydrogens is 252 g/mol. The summed E-state index contributed by atoms with van der Waals surface area (Å²) in [6, 6.07) is 5.89. The van der Waals surface area contributed by atoms with E-state index < -0.39 is 0 Å². The summed E-state index contributed by atoms with van der Waals surface area (Å²) < 4.78 is 7.52. The molecule has 0 aliphatic carbocycles. The summed E-state index contributed by atoms with van der Waals surface area (Å²) in [7, 11) is 0. The van der Waals surface area contributed by atoms with Gasteiger partial charge in [0.2, 0.25) is 0 Å². The smallest absolute Gasteiger partial charge is 0.127 e. The van der Waals surface area contributed by atoms with E-state index in [1.54, 1.807) is 23.1 Å². The number of ether oxygens (including phenoxy) is 1. The summed E-state index contributed by atoms with van der Waals surface area (Å²) in [4.78, 5) is 4.15. The van der Waals surface area contributed by atoms with Crippen molar-refractivity contribution in [3.8, 4) is 5.75 Å². The molecule has 0 bridgehead atoms. The Morgan fingerprint density at radius 3 is 3.15 bits per heavy atom. The van der Waals surface area contributed by atoms with Crippen molar-refractivity contribution in [3.63, 3.8) is 0 Å². The normalized spacial score (nSPS) is 15.1. The van der Waals surface area contributed by atoms with E-state index in [2.05, 4.69) is 16.1 Å². The largest absolute Gasteiger partial charge is 0.493 e. The molecule has 3 heterocycles. The van der Waals surface area contributed by atoms with Crippen LogP contribution < -0.4 is 10.5 Å². The molecule has 0 saturated carbocycles. The first kappa shape index (κ1) is 11.4. The van der Waals surface area contributed by atoms with Crippen molar-refractivity contribution in [3.05, 3.63) is 59.7 Å². The monoisotopic (exact) mass is 266 g/mol. The van der Waals surface area contributed by atoms with Crippen LogP contribution in [0, 0.1) is 0 Å². The van der Waals surface area contributed by atoms with Gasteiger partial charge in [-0.05, 0) is 5.56 Å². The van der Waals surface area contributed by atoms with E-state index in [4.69, 9.17) is 10.5 Å². The van der Waals surface area contributed by atoms with Gasteiger partial charge in [-0.1, -0.05) is 18.2 Å². The first-order chi connectivity index (χ1) is 9.84. The van der Waals surface area contributed by atoms with E-state index in [0.29, 0.717) is 0 Å². The lowest BCUT2D eigenvalue weighted by molar-refractivity contribution is 0.352. The van der Waals surface area contributed by atoms with Crippen LogP contribution in [0.25, 0.3) is 5.52 Å². The molecule has 3 aromatic rings. The lowest BCUT2D eigenvalue weighted by atomic mass is 9.98. The highest BCUT2D eigenvalue weighted by molar-refractivity contribution is 5.58. The molecule has 5 heteroatoms. The van der Waals surface area contributed by atoms with Gasteiger partial charge in [0.05, 0.1) is 30.6 Å². The molecule has 0 fully saturated rings. The van der Waals surface area contributed by atoms with E-state index >= 15 is 0 Å². The predicted molar refractivity (Wildman–Crippen MR) is 74.7 cm³/mol. The fraction of sp³-hybridized carbons (Fsp3) is 0.200. The molecule has 0 radical (unpaired) electrons. The number of para-hydroxylation sites is 1. The molecule has 4 rings (SSSR count). The van der Waals surface area contributed by atoms with Crippen LogP contribution in [-0.2, 0) is 6.42 Å². The SMILES string of the molecule is NC(c1cccc2c1OCC2)c1cnn2ccncc12. The minimum absolute atomic E-state index is 0.259. The first-order valence-electron chi connectivity index (χ1n) is 6.62. The van der Waals surface area contributed by atoms with Crippen LogP contribution in [0.5, 0.6) is 5.75 Å². The lowest BCUT2D eigenvalue weighted by Crippen LogP contribution is -2.12. The number of fused-ring (bicyclic) bond motifs is 2. The van der Waals surface area contributed by atoms with Gasteiger partial charge in [0.1, 0.15) is 5.75 Å². The Morgan fingerprint density at radius 2 is 2.20 bits per heavy atom. The zero-order valence-electron chi connectivity index (χ0n) is 10.9. The van der Waals surface area contributed by atoms with Crippen LogP contribution in [0.1, 0.15) is 22.7 Å². The Labute approximate surface area is 116 Å². The number of benzene rings is 1. The second-order valence-electron chi connectivity index (χ2n) is 4.92. The average Bonchev–Trinajstić information content (AvgIpc) is 3.12. The highest BCUT2D eigenvalue weighted by Crippen LogP contribution is 2.35. The molecule has 100 valence electrons. The van der Waals surface area contributed by atoms with Gasteiger partial charge >= 0.3 is 0 Å². The molecular formula is C15H14N4O. The van der Waals surface area contributed by atoms with E-state index in [0.717, 1.165) is 35.4 Å². The summed E-state index contributed by atoms with van der Waals surface area (Å²) in [5.41, 5.74) is 10.6. The first-order valence-corrected chi connectivity index (χ1v) is 6.62. The van der Waals surface area contributed by atoms with Gasteiger partial charge in [0, 0.05) is 29.9 Å². The van der Waals surface area contributed by atoms with Crippen LogP contribution >= 0.6 is 0 Å². The molecule has 1 aromatic carbocycles. The minimum Gasteiger partial charge on any atom is -0.493 e. The van der Waals surface area contributed by atoms with Crippen molar-refractivity contribution >= 4 is 5.52 Å². The van der Waals surface area contributed by atoms with Crippen LogP contribution in [0.15, 0.2) is 43.0 Å². The van der Waals surface area contributed by atoms with Crippen molar-refractivity contribution in [2.75, 3.05) is 6.61 Å². The van der Waals surface area contributed by atoms with Crippen molar-refractivity contribution in [1.29, 1.82) is 0 Å². The van der Waals surface area contributed by atoms with E-state index in [9.17, 15) is 0 Å². The van der Waals surface area contributed by atoms with Crippen LogP contribution in [0.2, 0.25) is 0 Å². The lowest BCUT2D eigenvalue weighted by Gasteiger charge is -2.14. The topological polar surface area (TPSA) is 65.4 Å². The highest BCUT2D eigenvalue weighted by Gasteiger charge is 2.22. The second kappa shape index (κ2) is 4.31. The van der Waals surface area contributed by atoms with E-state index in [-0.39, 0.29) is 6.04 Å². The highest BCUT2D eigenvalue weighted by atomic mass is 16.5. The second-order valence-corrected chi connectivity index (χ2v) is 4.92. The third-order valence-corrected chi connectivity index (χ3v) is 3.77. The summed E-state index contributed by atoms with van der Waals surface area (Å²) in [6.07, 6.45) is 8.06. The zero-order chi connectivity index (χ0) is 13.5. The molecule has 1 unspecified atom stereocenters. The van der Waals surface area contributed by atoms with Crippen molar-refractivity contribution in [2.45, 2.75) is 12.5 Å². The van der Waals surface area contributed by atoms with Crippen molar-refractivity contribution in [2.24, 2.45) is 5.73 Å². The van der Waals surface area contributed by atoms with Gasteiger partial charge in [-0.15, -0.1) is 0 Å². The molecule has 1 aliphatic rings. The molecule has 0 saturated heterocycles. The average molecular weight is 266 g/mol. The molecule has 0 spiro atoms. The van der Waals surface area contributed by atoms with Crippen LogP contribution in [0.3, 0.4) is 0 Å². The third-order valence-electron chi connectivity index (χ3n) is 3.77. The van der Waals surface area contributed by atoms with E-state index in [1.807, 2.05) is 18.3 Å². The number of rotatable bonds is 2. The minimum atomic E-state index is -0.259. The standard InChI is InChI=1S/C15H14N4O/c16-14(11-3-1-2-10-4-7-20-15(10)11)12-8-18-19-6-5-17-9-13(12)19/h1-3,5-6,8-9,14H,4,7,16H2. The molecule has 5 nitrogen and oxygen atoms in total. The molecule has 1 aliphatic heterocycles. The number of nitrogens with two attached hydrogens (primary N) is 1. The van der Waals surface area contributed by atoms with Crippen LogP contribution in [-0.4, -0.2) is 21.2 Å². The Hall–Kier alpha value is -2.40. The quantitative estimate of drug-likeness (QED) is 0.767. The molecule has 1 atom stereocenters. The maximum atomic E-state index is 6.44. The van der Waals surface area contributed by atoms with Crippen molar-refractivity contribution in [1.82, 2.24) is 14.6 Å². The summed E-state index contributed by atoms with van der Waals surface area (Å²) in [5.74, 6) is 0.934. The summed E-state index contributed by atoms with van der Waals surface area (Å²) >= 11 is 0.